The molecule has 3 N–H and O–H groups in total. The van der Waals surface area contributed by atoms with Crippen molar-refractivity contribution in [1.29, 1.82) is 0 Å². The van der Waals surface area contributed by atoms with Crippen LogP contribution in [0.25, 0.3) is 17.0 Å². The first-order valence-electron chi connectivity index (χ1n) is 5.15. The summed E-state index contributed by atoms with van der Waals surface area (Å²) in [6.45, 7) is 0. The van der Waals surface area contributed by atoms with Gasteiger partial charge in [0.25, 0.3) is 0 Å². The zero-order valence-electron chi connectivity index (χ0n) is 9.42. The van der Waals surface area contributed by atoms with E-state index in [4.69, 9.17) is 23.1 Å². The van der Waals surface area contributed by atoms with Gasteiger partial charge in [-0.2, -0.15) is 13.2 Å². The summed E-state index contributed by atoms with van der Waals surface area (Å²) < 4.78 is 38.6. The number of aromatic nitrogens is 1. The fourth-order valence-electron chi connectivity index (χ4n) is 1.62. The molecule has 0 aliphatic carbocycles. The predicted molar refractivity (Wildman–Crippen MR) is 68.1 cm³/mol. The van der Waals surface area contributed by atoms with Crippen molar-refractivity contribution in [3.8, 4) is 11.3 Å². The van der Waals surface area contributed by atoms with Gasteiger partial charge in [0.05, 0.1) is 10.6 Å². The number of nitrogen functional groups attached to an aromatic ring is 1. The molecule has 0 amide bonds. The number of hydrogen-bond acceptors (Lipinski definition) is 2. The lowest BCUT2D eigenvalue weighted by atomic mass is 10.0. The summed E-state index contributed by atoms with van der Waals surface area (Å²) in [6.07, 6.45) is -4.51. The predicted octanol–water partition coefficient (Wildman–Crippen LogP) is 4.69. The molecule has 0 bridgehead atoms. The number of pyridine rings is 1. The topological polar surface area (TPSA) is 62.7 Å². The smallest absolute Gasteiger partial charge is 0.416 e. The lowest BCUT2D eigenvalue weighted by Crippen LogP contribution is -2.07. The average Bonchev–Trinajstić information content (AvgIpc) is 2.34. The van der Waals surface area contributed by atoms with Crippen molar-refractivity contribution in [1.82, 2.24) is 4.98 Å². The molecule has 3 nitrogen and oxygen atoms in total. The van der Waals surface area contributed by atoms with Crippen LogP contribution in [0, 0.1) is 0 Å². The molecule has 1 heterocycles. The van der Waals surface area contributed by atoms with E-state index in [1.807, 2.05) is 0 Å². The van der Waals surface area contributed by atoms with E-state index >= 15 is 0 Å². The van der Waals surface area contributed by atoms with Crippen LogP contribution in [0.3, 0.4) is 0 Å². The fraction of sp³-hybridized carbons (Fsp3) is 0.0833. The molecule has 19 heavy (non-hydrogen) atoms. The van der Waals surface area contributed by atoms with Gasteiger partial charge in [0, 0.05) is 5.69 Å². The number of alkyl halides is 3. The van der Waals surface area contributed by atoms with Gasteiger partial charge >= 0.3 is 6.18 Å². The molecule has 0 fully saturated rings. The third kappa shape index (κ3) is 2.58. The van der Waals surface area contributed by atoms with Crippen LogP contribution < -0.4 is 5.73 Å². The van der Waals surface area contributed by atoms with E-state index in [2.05, 4.69) is 4.98 Å². The zero-order chi connectivity index (χ0) is 14.2. The van der Waals surface area contributed by atoms with E-state index in [1.54, 1.807) is 0 Å². The molecule has 1 aromatic carbocycles. The molecular formula is C12H8ClF3N3-. The van der Waals surface area contributed by atoms with Crippen molar-refractivity contribution in [2.75, 3.05) is 5.73 Å². The van der Waals surface area contributed by atoms with Gasteiger partial charge in [-0.1, -0.05) is 29.8 Å². The Morgan fingerprint density at radius 3 is 2.42 bits per heavy atom. The molecule has 0 aliphatic rings. The SMILES string of the molecule is [NH-]c1nc(-c2ccccc2C(F)(F)F)cc(Cl)c1N. The summed E-state index contributed by atoms with van der Waals surface area (Å²) in [7, 11) is 0. The summed E-state index contributed by atoms with van der Waals surface area (Å²) >= 11 is 5.77. The normalized spacial score (nSPS) is 11.6. The quantitative estimate of drug-likeness (QED) is 0.827. The highest BCUT2D eigenvalue weighted by Crippen LogP contribution is 2.38. The minimum atomic E-state index is -4.51. The van der Waals surface area contributed by atoms with E-state index in [9.17, 15) is 13.2 Å². The number of hydrogen-bond donors (Lipinski definition) is 1. The number of nitrogens with two attached hydrogens (primary N) is 1. The standard InChI is InChI=1S/C12H8ClF3N3/c13-8-5-9(19-11(18)10(8)17)6-3-1-2-4-7(6)12(14,15)16/h1-5H,17H2,(H-,18,19)/q-1. The summed E-state index contributed by atoms with van der Waals surface area (Å²) in [5.74, 6) is -0.348. The second-order valence-electron chi connectivity index (χ2n) is 3.79. The molecule has 0 atom stereocenters. The Hall–Kier alpha value is -1.95. The highest BCUT2D eigenvalue weighted by Gasteiger charge is 2.33. The Bertz CT molecular complexity index is 603. The maximum Gasteiger partial charge on any atom is 0.416 e. The van der Waals surface area contributed by atoms with Crippen molar-refractivity contribution in [2.45, 2.75) is 6.18 Å². The second kappa shape index (κ2) is 4.62. The Kier molecular flexibility index (Phi) is 3.28. The first-order valence-corrected chi connectivity index (χ1v) is 5.52. The van der Waals surface area contributed by atoms with Gasteiger partial charge in [-0.3, -0.25) is 0 Å². The van der Waals surface area contributed by atoms with Crippen LogP contribution in [0.2, 0.25) is 5.02 Å². The van der Waals surface area contributed by atoms with Crippen LogP contribution in [0.5, 0.6) is 0 Å². The lowest BCUT2D eigenvalue weighted by Gasteiger charge is -2.18. The van der Waals surface area contributed by atoms with E-state index in [-0.39, 0.29) is 27.8 Å². The molecule has 2 rings (SSSR count). The number of nitrogens with zero attached hydrogens (tertiary/aromatic N) is 1. The Balaban J connectivity index is 2.67. The molecule has 1 aromatic heterocycles. The third-order valence-corrected chi connectivity index (χ3v) is 2.83. The van der Waals surface area contributed by atoms with Crippen LogP contribution in [-0.4, -0.2) is 4.98 Å². The fourth-order valence-corrected chi connectivity index (χ4v) is 1.81. The number of nitrogens with one attached hydrogen (secondary N) is 1. The highest BCUT2D eigenvalue weighted by molar-refractivity contribution is 6.33. The van der Waals surface area contributed by atoms with Gasteiger partial charge in [-0.25, -0.2) is 0 Å². The molecule has 0 spiro atoms. The van der Waals surface area contributed by atoms with Crippen LogP contribution in [0.15, 0.2) is 30.3 Å². The van der Waals surface area contributed by atoms with Crippen molar-refractivity contribution >= 4 is 23.1 Å². The summed E-state index contributed by atoms with van der Waals surface area (Å²) in [4.78, 5) is 3.74. The van der Waals surface area contributed by atoms with Gasteiger partial charge in [0.1, 0.15) is 0 Å². The molecule has 0 saturated carbocycles. The summed E-state index contributed by atoms with van der Waals surface area (Å²) in [6, 6.07) is 6.19. The number of anilines is 1. The lowest BCUT2D eigenvalue weighted by molar-refractivity contribution is -0.137. The first-order chi connectivity index (χ1) is 8.80. The second-order valence-corrected chi connectivity index (χ2v) is 4.20. The van der Waals surface area contributed by atoms with Crippen molar-refractivity contribution < 1.29 is 13.2 Å². The van der Waals surface area contributed by atoms with Crippen molar-refractivity contribution in [2.24, 2.45) is 0 Å². The van der Waals surface area contributed by atoms with Crippen LogP contribution in [-0.2, 0) is 6.18 Å². The first kappa shape index (κ1) is 13.5. The molecule has 100 valence electrons. The molecule has 0 unspecified atom stereocenters. The molecule has 2 aromatic rings. The van der Waals surface area contributed by atoms with Crippen LogP contribution in [0.4, 0.5) is 24.7 Å². The largest absolute Gasteiger partial charge is 0.480 e. The maximum absolute atomic E-state index is 12.9. The molecule has 0 saturated heterocycles. The summed E-state index contributed by atoms with van der Waals surface area (Å²) in [5, 5.41) is 0.00646. The minimum Gasteiger partial charge on any atom is -0.480 e. The molecule has 0 aliphatic heterocycles. The van der Waals surface area contributed by atoms with Crippen molar-refractivity contribution in [3.05, 3.63) is 46.7 Å². The highest BCUT2D eigenvalue weighted by atomic mass is 35.5. The van der Waals surface area contributed by atoms with E-state index in [0.29, 0.717) is 0 Å². The van der Waals surface area contributed by atoms with Gasteiger partial charge < -0.3 is 16.5 Å². The Morgan fingerprint density at radius 2 is 1.84 bits per heavy atom. The molecule has 7 heteroatoms. The summed E-state index contributed by atoms with van der Waals surface area (Å²) in [5.41, 5.74) is 11.9. The Labute approximate surface area is 112 Å². The van der Waals surface area contributed by atoms with Crippen LogP contribution in [0.1, 0.15) is 5.56 Å². The monoisotopic (exact) mass is 286 g/mol. The van der Waals surface area contributed by atoms with E-state index in [1.165, 1.54) is 24.3 Å². The average molecular weight is 287 g/mol. The van der Waals surface area contributed by atoms with Gasteiger partial charge in [-0.05, 0) is 29.2 Å². The zero-order valence-corrected chi connectivity index (χ0v) is 10.2. The Morgan fingerprint density at radius 1 is 1.21 bits per heavy atom. The van der Waals surface area contributed by atoms with Gasteiger partial charge in [0.2, 0.25) is 0 Å². The van der Waals surface area contributed by atoms with Crippen LogP contribution >= 0.6 is 11.6 Å². The van der Waals surface area contributed by atoms with Crippen molar-refractivity contribution in [3.63, 3.8) is 0 Å². The number of halogens is 4. The number of rotatable bonds is 1. The van der Waals surface area contributed by atoms with E-state index in [0.717, 1.165) is 6.07 Å². The maximum atomic E-state index is 12.9. The third-order valence-electron chi connectivity index (χ3n) is 2.52. The number of benzene rings is 1. The molecule has 0 radical (unpaired) electrons. The van der Waals surface area contributed by atoms with Gasteiger partial charge in [-0.15, -0.1) is 0 Å². The molecular weight excluding hydrogens is 279 g/mol. The minimum absolute atomic E-state index is 0.00646. The van der Waals surface area contributed by atoms with E-state index < -0.39 is 11.7 Å². The van der Waals surface area contributed by atoms with Gasteiger partial charge in [0.15, 0.2) is 0 Å².